The van der Waals surface area contributed by atoms with Crippen LogP contribution in [0.4, 0.5) is 0 Å². The fraction of sp³-hybridized carbons (Fsp3) is 0.857. The minimum atomic E-state index is 0.406. The van der Waals surface area contributed by atoms with Crippen molar-refractivity contribution in [3.63, 3.8) is 0 Å². The van der Waals surface area contributed by atoms with Crippen molar-refractivity contribution in [3.8, 4) is 0 Å². The van der Waals surface area contributed by atoms with Gasteiger partial charge in [0.05, 0.1) is 6.54 Å². The summed E-state index contributed by atoms with van der Waals surface area (Å²) in [5.74, 6) is 0.406. The van der Waals surface area contributed by atoms with Gasteiger partial charge in [-0.2, -0.15) is 0 Å². The summed E-state index contributed by atoms with van der Waals surface area (Å²) < 4.78 is 0. The van der Waals surface area contributed by atoms with Crippen LogP contribution >= 0.6 is 0 Å². The van der Waals surface area contributed by atoms with Crippen molar-refractivity contribution in [1.82, 2.24) is 4.90 Å². The van der Waals surface area contributed by atoms with E-state index in [1.807, 2.05) is 0 Å². The fourth-order valence-corrected chi connectivity index (χ4v) is 1.18. The molecule has 9 heavy (non-hydrogen) atoms. The lowest BCUT2D eigenvalue weighted by Crippen LogP contribution is -2.35. The summed E-state index contributed by atoms with van der Waals surface area (Å²) in [5.41, 5.74) is 0. The van der Waals surface area contributed by atoms with Crippen LogP contribution < -0.4 is 0 Å². The van der Waals surface area contributed by atoms with Gasteiger partial charge in [-0.3, -0.25) is 9.69 Å². The van der Waals surface area contributed by atoms with Gasteiger partial charge >= 0.3 is 0 Å². The summed E-state index contributed by atoms with van der Waals surface area (Å²) in [7, 11) is 0. The summed E-state index contributed by atoms with van der Waals surface area (Å²) in [6.07, 6.45) is 1.86. The molecule has 0 bridgehead atoms. The molecule has 1 aliphatic rings. The number of Topliss-reactive ketones (excluding diaryl/α,β-unsaturated/α-hetero) is 1. The van der Waals surface area contributed by atoms with E-state index in [0.717, 1.165) is 25.9 Å². The minimum Gasteiger partial charge on any atom is -0.298 e. The molecule has 0 N–H and O–H groups in total. The van der Waals surface area contributed by atoms with Gasteiger partial charge in [0.1, 0.15) is 5.78 Å². The molecule has 0 spiro atoms. The monoisotopic (exact) mass is 127 g/mol. The maximum absolute atomic E-state index is 10.8. The summed E-state index contributed by atoms with van der Waals surface area (Å²) in [5, 5.41) is 0. The Morgan fingerprint density at radius 2 is 2.44 bits per heavy atom. The molecule has 0 aromatic rings. The second-order valence-corrected chi connectivity index (χ2v) is 2.51. The largest absolute Gasteiger partial charge is 0.298 e. The molecule has 0 aliphatic carbocycles. The van der Waals surface area contributed by atoms with Gasteiger partial charge in [0, 0.05) is 6.42 Å². The topological polar surface area (TPSA) is 20.3 Å². The Morgan fingerprint density at radius 1 is 1.67 bits per heavy atom. The Kier molecular flexibility index (Phi) is 2.22. The Hall–Kier alpha value is -0.370. The average Bonchev–Trinajstić information content (AvgIpc) is 1.88. The summed E-state index contributed by atoms with van der Waals surface area (Å²) >= 11 is 0. The van der Waals surface area contributed by atoms with Crippen LogP contribution in [-0.4, -0.2) is 30.3 Å². The van der Waals surface area contributed by atoms with E-state index in [0.29, 0.717) is 12.3 Å². The number of hydrogen-bond donors (Lipinski definition) is 0. The summed E-state index contributed by atoms with van der Waals surface area (Å²) in [6, 6.07) is 0. The normalized spacial score (nSPS) is 22.6. The molecule has 0 unspecified atom stereocenters. The van der Waals surface area contributed by atoms with E-state index >= 15 is 0 Å². The smallest absolute Gasteiger partial charge is 0.146 e. The number of ketones is 1. The molecule has 0 aromatic carbocycles. The van der Waals surface area contributed by atoms with E-state index in [2.05, 4.69) is 11.8 Å². The van der Waals surface area contributed by atoms with Crippen molar-refractivity contribution in [2.24, 2.45) is 0 Å². The molecule has 0 atom stereocenters. The van der Waals surface area contributed by atoms with Crippen LogP contribution in [0.5, 0.6) is 0 Å². The first-order chi connectivity index (χ1) is 4.33. The number of nitrogens with zero attached hydrogens (tertiary/aromatic N) is 1. The lowest BCUT2D eigenvalue weighted by atomic mass is 10.1. The lowest BCUT2D eigenvalue weighted by molar-refractivity contribution is -0.122. The maximum atomic E-state index is 10.8. The predicted molar refractivity (Wildman–Crippen MR) is 36.4 cm³/mol. The van der Waals surface area contributed by atoms with Gasteiger partial charge in [0.25, 0.3) is 0 Å². The highest BCUT2D eigenvalue weighted by molar-refractivity contribution is 5.81. The van der Waals surface area contributed by atoms with Gasteiger partial charge < -0.3 is 0 Å². The van der Waals surface area contributed by atoms with Gasteiger partial charge in [-0.15, -0.1) is 0 Å². The van der Waals surface area contributed by atoms with E-state index in [4.69, 9.17) is 0 Å². The molecule has 0 amide bonds. The molecular weight excluding hydrogens is 114 g/mol. The lowest BCUT2D eigenvalue weighted by Gasteiger charge is -2.23. The molecule has 1 heterocycles. The number of hydrogen-bond acceptors (Lipinski definition) is 2. The second kappa shape index (κ2) is 2.97. The van der Waals surface area contributed by atoms with Crippen molar-refractivity contribution >= 4 is 5.78 Å². The molecule has 0 radical (unpaired) electrons. The highest BCUT2D eigenvalue weighted by Gasteiger charge is 2.13. The SMILES string of the molecule is CCN1CCCC(=O)C1. The first-order valence-corrected chi connectivity index (χ1v) is 3.57. The van der Waals surface area contributed by atoms with Crippen molar-refractivity contribution < 1.29 is 4.79 Å². The van der Waals surface area contributed by atoms with Gasteiger partial charge in [-0.1, -0.05) is 6.92 Å². The maximum Gasteiger partial charge on any atom is 0.146 e. The van der Waals surface area contributed by atoms with Crippen LogP contribution in [0.2, 0.25) is 0 Å². The van der Waals surface area contributed by atoms with Crippen LogP contribution in [0.1, 0.15) is 19.8 Å². The third-order valence-electron chi connectivity index (χ3n) is 1.78. The van der Waals surface area contributed by atoms with E-state index in [1.54, 1.807) is 0 Å². The zero-order chi connectivity index (χ0) is 6.69. The first kappa shape index (κ1) is 6.75. The Balaban J connectivity index is 2.32. The Morgan fingerprint density at radius 3 is 2.89 bits per heavy atom. The Labute approximate surface area is 55.8 Å². The standard InChI is InChI=1S/C7H13NO/c1-2-8-5-3-4-7(9)6-8/h2-6H2,1H3. The number of carbonyl (C=O) groups is 1. The second-order valence-electron chi connectivity index (χ2n) is 2.51. The average molecular weight is 127 g/mol. The number of rotatable bonds is 1. The van der Waals surface area contributed by atoms with Crippen LogP contribution in [0, 0.1) is 0 Å². The van der Waals surface area contributed by atoms with Crippen LogP contribution in [0.15, 0.2) is 0 Å². The van der Waals surface area contributed by atoms with Gasteiger partial charge in [-0.05, 0) is 19.5 Å². The quantitative estimate of drug-likeness (QED) is 0.516. The molecule has 2 heteroatoms. The van der Waals surface area contributed by atoms with Crippen LogP contribution in [-0.2, 0) is 4.79 Å². The van der Waals surface area contributed by atoms with E-state index < -0.39 is 0 Å². The minimum absolute atomic E-state index is 0.406. The number of likely N-dealkylation sites (N-methyl/N-ethyl adjacent to an activating group) is 1. The van der Waals surface area contributed by atoms with E-state index in [1.165, 1.54) is 0 Å². The molecule has 2 nitrogen and oxygen atoms in total. The molecule has 1 fully saturated rings. The fourth-order valence-electron chi connectivity index (χ4n) is 1.18. The molecule has 0 saturated carbocycles. The van der Waals surface area contributed by atoms with Gasteiger partial charge in [0.2, 0.25) is 0 Å². The molecule has 0 aromatic heterocycles. The van der Waals surface area contributed by atoms with Crippen LogP contribution in [0.25, 0.3) is 0 Å². The van der Waals surface area contributed by atoms with E-state index in [-0.39, 0.29) is 0 Å². The number of piperidine rings is 1. The predicted octanol–water partition coefficient (Wildman–Crippen LogP) is 0.671. The zero-order valence-electron chi connectivity index (χ0n) is 5.89. The van der Waals surface area contributed by atoms with Crippen molar-refractivity contribution in [3.05, 3.63) is 0 Å². The summed E-state index contributed by atoms with van der Waals surface area (Å²) in [6.45, 7) is 4.92. The summed E-state index contributed by atoms with van der Waals surface area (Å²) in [4.78, 5) is 13.0. The van der Waals surface area contributed by atoms with Gasteiger partial charge in [0.15, 0.2) is 0 Å². The molecule has 1 rings (SSSR count). The third kappa shape index (κ3) is 1.79. The van der Waals surface area contributed by atoms with Crippen molar-refractivity contribution in [2.75, 3.05) is 19.6 Å². The Bertz CT molecular complexity index is 111. The highest BCUT2D eigenvalue weighted by atomic mass is 16.1. The van der Waals surface area contributed by atoms with Crippen LogP contribution in [0.3, 0.4) is 0 Å². The number of likely N-dealkylation sites (tertiary alicyclic amines) is 1. The molecule has 52 valence electrons. The molecule has 1 aliphatic heterocycles. The first-order valence-electron chi connectivity index (χ1n) is 3.57. The highest BCUT2D eigenvalue weighted by Crippen LogP contribution is 2.03. The molecular formula is C7H13NO. The van der Waals surface area contributed by atoms with E-state index in [9.17, 15) is 4.79 Å². The third-order valence-corrected chi connectivity index (χ3v) is 1.78. The van der Waals surface area contributed by atoms with Gasteiger partial charge in [-0.25, -0.2) is 0 Å². The zero-order valence-corrected chi connectivity index (χ0v) is 5.89. The van der Waals surface area contributed by atoms with Crippen molar-refractivity contribution in [1.29, 1.82) is 0 Å². The van der Waals surface area contributed by atoms with Crippen molar-refractivity contribution in [2.45, 2.75) is 19.8 Å². The molecule has 1 saturated heterocycles. The number of carbonyl (C=O) groups excluding carboxylic acids is 1.